The molecule has 12 rings (SSSR count). The zero-order valence-corrected chi connectivity index (χ0v) is 86.7. The number of pyridine rings is 6. The highest BCUT2D eigenvalue weighted by molar-refractivity contribution is 5.83. The molecule has 2 aliphatic heterocycles. The van der Waals surface area contributed by atoms with Crippen molar-refractivity contribution >= 4 is 51.1 Å². The third-order valence-corrected chi connectivity index (χ3v) is 24.8. The van der Waals surface area contributed by atoms with E-state index < -0.39 is 23.3 Å². The van der Waals surface area contributed by atoms with Crippen molar-refractivity contribution in [2.45, 2.75) is 169 Å². The van der Waals surface area contributed by atoms with E-state index >= 15 is 8.78 Å². The average Bonchev–Trinajstić information content (AvgIpc) is 1.69. The molecule has 38 heteroatoms. The molecule has 6 aromatic heterocycles. The van der Waals surface area contributed by atoms with Gasteiger partial charge in [-0.3, -0.25) is 48.9 Å². The van der Waals surface area contributed by atoms with Crippen LogP contribution in [-0.4, -0.2) is 349 Å². The number of halogens is 2. The minimum Gasteiger partial charge on any atom is -0.489 e. The second-order valence-electron chi connectivity index (χ2n) is 37.7. The maximum absolute atomic E-state index is 15.9. The van der Waals surface area contributed by atoms with Crippen molar-refractivity contribution in [2.75, 3.05) is 274 Å². The Bertz CT molecular complexity index is 5270. The van der Waals surface area contributed by atoms with Gasteiger partial charge in [-0.1, -0.05) is 0 Å². The van der Waals surface area contributed by atoms with Crippen LogP contribution >= 0.6 is 0 Å². The van der Waals surface area contributed by atoms with Gasteiger partial charge in [0.25, 0.3) is 0 Å². The number of nitrogens with zero attached hydrogens (tertiary/aromatic N) is 12. The standard InChI is InChI=1S/C56H82FN7O12.C51H74FN7O10/c1-42-9-10-47(37-60-42)62-17-7-8-48(41-62)63(38-44-13-15-58-43(2)34-44)39-45-40-64(46-11-12-46)51-36-52(50(57)35-49(51)54(45)66)75-21-18-61(6)53(65)14-19-68-22-24-70-26-28-72-30-32-74-33-31-73-29-27-71-25-23-69-20-16-59-55(67)76-56(3,4)5;1-39-6-7-44(34-55-39)57-14-4-5-45(38-57)58(35-41-10-13-54-40(2)31-41)36-42-37-59(43-8-9-43)48-33-49(47(52)32-46(48)51(42)61)69-18-15-56(3)50(60)11-16-62-19-21-64-23-25-66-27-29-68-30-28-67-26-24-65-22-20-63-17-12-53/h9-10,13,15,34-37,40,46,48H,7-8,11-12,14,16-33,38-39,41H2,1-6H3,(H,59,67);6-7,10,13,31-34,37,43,45H,4-5,8-9,11-12,14-30,35-36,38,53H2,1-3H3/t48-;45-/m00/s1. The molecule has 4 aliphatic rings. The molecule has 800 valence electrons. The minimum absolute atomic E-state index is 0.0452. The molecular weight excluding hydrogens is 1870 g/mol. The number of likely N-dealkylation sites (N-methyl/N-ethyl adjacent to an activating group) is 2. The third kappa shape index (κ3) is 42.0. The molecule has 2 saturated heterocycles. The van der Waals surface area contributed by atoms with Gasteiger partial charge in [0.2, 0.25) is 11.8 Å². The van der Waals surface area contributed by atoms with Gasteiger partial charge in [0.1, 0.15) is 18.8 Å². The van der Waals surface area contributed by atoms with Crippen molar-refractivity contribution in [1.82, 2.24) is 54.0 Å². The summed E-state index contributed by atoms with van der Waals surface area (Å²) < 4.78 is 130. The van der Waals surface area contributed by atoms with E-state index in [1.54, 1.807) is 31.1 Å². The van der Waals surface area contributed by atoms with Gasteiger partial charge in [0, 0.05) is 185 Å². The number of nitrogens with two attached hydrogens (primary N) is 1. The first-order valence-electron chi connectivity index (χ1n) is 51.3. The summed E-state index contributed by atoms with van der Waals surface area (Å²) in [5.41, 5.74) is 15.3. The third-order valence-electron chi connectivity index (χ3n) is 24.8. The summed E-state index contributed by atoms with van der Waals surface area (Å²) in [4.78, 5) is 96.5. The highest BCUT2D eigenvalue weighted by Crippen LogP contribution is 2.41. The smallest absolute Gasteiger partial charge is 0.407 e. The van der Waals surface area contributed by atoms with Crippen LogP contribution in [0.3, 0.4) is 0 Å². The van der Waals surface area contributed by atoms with E-state index in [0.29, 0.717) is 244 Å². The summed E-state index contributed by atoms with van der Waals surface area (Å²) in [5.74, 6) is -1.38. The fourth-order valence-electron chi connectivity index (χ4n) is 16.8. The molecule has 3 N–H and O–H groups in total. The number of anilines is 2. The fraction of sp³-hybridized carbons (Fsp3) is 0.617. The van der Waals surface area contributed by atoms with Crippen molar-refractivity contribution in [3.63, 3.8) is 0 Å². The Morgan fingerprint density at radius 2 is 0.766 bits per heavy atom. The van der Waals surface area contributed by atoms with E-state index in [-0.39, 0.29) is 111 Å². The van der Waals surface area contributed by atoms with Gasteiger partial charge in [-0.05, 0) is 172 Å². The van der Waals surface area contributed by atoms with E-state index in [4.69, 9.17) is 86.3 Å². The molecule has 2 atom stereocenters. The van der Waals surface area contributed by atoms with Crippen molar-refractivity contribution < 1.29 is 104 Å². The number of ether oxygens (including phenoxy) is 17. The number of fused-ring (bicyclic) bond motifs is 2. The first-order chi connectivity index (χ1) is 70.4. The molecule has 145 heavy (non-hydrogen) atoms. The lowest BCUT2D eigenvalue weighted by Crippen LogP contribution is -2.48. The summed E-state index contributed by atoms with van der Waals surface area (Å²) in [6, 6.07) is 23.3. The van der Waals surface area contributed by atoms with E-state index in [1.807, 2.05) is 110 Å². The first-order valence-corrected chi connectivity index (χ1v) is 51.3. The number of carbonyl (C=O) groups is 3. The summed E-state index contributed by atoms with van der Waals surface area (Å²) in [6.07, 6.45) is 19.3. The molecule has 0 spiro atoms. The largest absolute Gasteiger partial charge is 0.489 e. The van der Waals surface area contributed by atoms with Crippen LogP contribution in [0.2, 0.25) is 0 Å². The number of amides is 3. The topological polar surface area (TPSA) is 361 Å². The molecule has 8 heterocycles. The molecule has 4 fully saturated rings. The van der Waals surface area contributed by atoms with Crippen LogP contribution in [0.15, 0.2) is 120 Å². The van der Waals surface area contributed by atoms with E-state index in [9.17, 15) is 24.0 Å². The predicted octanol–water partition coefficient (Wildman–Crippen LogP) is 11.3. The summed E-state index contributed by atoms with van der Waals surface area (Å²) in [6.45, 7) is 32.4. The number of benzene rings is 2. The summed E-state index contributed by atoms with van der Waals surface area (Å²) >= 11 is 0. The van der Waals surface area contributed by atoms with Crippen LogP contribution in [0.25, 0.3) is 21.8 Å². The Labute approximate surface area is 851 Å². The zero-order valence-electron chi connectivity index (χ0n) is 86.7. The Balaban J connectivity index is 0.000000277. The second-order valence-corrected chi connectivity index (χ2v) is 37.7. The van der Waals surface area contributed by atoms with Crippen molar-refractivity contribution in [3.05, 3.63) is 187 Å². The average molecular weight is 2030 g/mol. The zero-order chi connectivity index (χ0) is 103. The Morgan fingerprint density at radius 1 is 0.421 bits per heavy atom. The molecule has 0 radical (unpaired) electrons. The predicted molar refractivity (Wildman–Crippen MR) is 548 cm³/mol. The van der Waals surface area contributed by atoms with E-state index in [0.717, 1.165) is 123 Å². The minimum atomic E-state index is -0.617. The van der Waals surface area contributed by atoms with Crippen LogP contribution in [0.4, 0.5) is 25.0 Å². The number of rotatable bonds is 69. The molecule has 2 aliphatic carbocycles. The maximum Gasteiger partial charge on any atom is 0.407 e. The fourth-order valence-corrected chi connectivity index (χ4v) is 16.8. The molecule has 0 bridgehead atoms. The van der Waals surface area contributed by atoms with Crippen molar-refractivity contribution in [3.8, 4) is 11.5 Å². The van der Waals surface area contributed by atoms with Crippen LogP contribution in [0.5, 0.6) is 11.5 Å². The Morgan fingerprint density at radius 3 is 1.09 bits per heavy atom. The summed E-state index contributed by atoms with van der Waals surface area (Å²) in [5, 5.41) is 3.30. The van der Waals surface area contributed by atoms with Crippen LogP contribution < -0.4 is 41.2 Å². The number of aromatic nitrogens is 6. The molecule has 3 amide bonds. The molecule has 36 nitrogen and oxygen atoms in total. The lowest BCUT2D eigenvalue weighted by Gasteiger charge is -2.40. The lowest BCUT2D eigenvalue weighted by molar-refractivity contribution is -0.132. The lowest BCUT2D eigenvalue weighted by atomic mass is 10.0. The van der Waals surface area contributed by atoms with Gasteiger partial charge in [-0.2, -0.15) is 0 Å². The normalized spacial score (nSPS) is 15.0. The monoisotopic (exact) mass is 2030 g/mol. The quantitative estimate of drug-likeness (QED) is 0.0334. The van der Waals surface area contributed by atoms with Gasteiger partial charge >= 0.3 is 6.09 Å². The summed E-state index contributed by atoms with van der Waals surface area (Å²) in [7, 11) is 3.36. The molecule has 2 aromatic carbocycles. The number of hydrogen-bond donors (Lipinski definition) is 2. The van der Waals surface area contributed by atoms with E-state index in [2.05, 4.69) is 78.3 Å². The number of hydrogen-bond acceptors (Lipinski definition) is 31. The SMILES string of the molecule is Cc1ccc(N2CCC[C@H](N(Cc3ccnc(C)c3)Cc3cn(C4CC4)c4cc(OCCN(C)C(=O)CCOCCOCCOCCOCCOCCOCCOCCN)c(F)cc4c3=O)C2)cn1.Cc1ccc(N2CCC[C@H](N(Cc3ccnc(C)c3)Cc3cn(C4CC4)c4cc(OCCN(C)C(=O)CCOCCOCCOCCOCCOCCOCCOCCNC(=O)OC(C)(C)C)c(F)cc4c3=O)C2)cn1. The number of nitrogens with one attached hydrogen (secondary N) is 1. The maximum atomic E-state index is 15.9. The molecular formula is C107H156F2N14O22. The second kappa shape index (κ2) is 63.7. The molecule has 2 saturated carbocycles. The van der Waals surface area contributed by atoms with Crippen LogP contribution in [0.1, 0.15) is 142 Å². The van der Waals surface area contributed by atoms with Crippen LogP contribution in [0, 0.1) is 39.3 Å². The van der Waals surface area contributed by atoms with Gasteiger partial charge in [0.15, 0.2) is 34.0 Å². The highest BCUT2D eigenvalue weighted by atomic mass is 19.1. The van der Waals surface area contributed by atoms with Crippen LogP contribution in [-0.2, 0) is 107 Å². The highest BCUT2D eigenvalue weighted by Gasteiger charge is 2.34. The number of aryl methyl sites for hydroxylation is 4. The van der Waals surface area contributed by atoms with Crippen molar-refractivity contribution in [2.24, 2.45) is 5.73 Å². The van der Waals surface area contributed by atoms with Gasteiger partial charge in [-0.15, -0.1) is 0 Å². The van der Waals surface area contributed by atoms with Gasteiger partial charge in [0.05, 0.1) is 246 Å². The van der Waals surface area contributed by atoms with Gasteiger partial charge < -0.3 is 120 Å². The first kappa shape index (κ1) is 115. The molecule has 0 unspecified atom stereocenters. The Hall–Kier alpha value is -9.95. The van der Waals surface area contributed by atoms with E-state index in [1.165, 1.54) is 17.0 Å². The van der Waals surface area contributed by atoms with Crippen molar-refractivity contribution in [1.29, 1.82) is 0 Å². The number of carbonyl (C=O) groups excluding carboxylic acids is 3. The number of alkyl carbamates (subject to hydrolysis) is 1. The number of piperidine rings is 2. The Kier molecular flexibility index (Phi) is 50.7. The molecule has 8 aromatic rings. The van der Waals surface area contributed by atoms with Gasteiger partial charge in [-0.25, -0.2) is 13.6 Å².